The molecule has 0 saturated heterocycles. The monoisotopic (exact) mass is 377 g/mol. The van der Waals surface area contributed by atoms with Crippen molar-refractivity contribution in [2.75, 3.05) is 12.5 Å². The van der Waals surface area contributed by atoms with Crippen LogP contribution in [0.25, 0.3) is 0 Å². The number of benzene rings is 1. The average Bonchev–Trinajstić information content (AvgIpc) is 2.31. The van der Waals surface area contributed by atoms with E-state index in [1.165, 1.54) is 7.11 Å². The van der Waals surface area contributed by atoms with Crippen LogP contribution in [0.15, 0.2) is 17.2 Å². The summed E-state index contributed by atoms with van der Waals surface area (Å²) < 4.78 is 5.86. The highest BCUT2D eigenvalue weighted by Crippen LogP contribution is 2.31. The molecule has 0 unspecified atom stereocenters. The number of methoxy groups -OCH3 is 1. The van der Waals surface area contributed by atoms with Crippen LogP contribution in [-0.2, 0) is 0 Å². The molecule has 0 radical (unpaired) electrons. The third kappa shape index (κ3) is 3.48. The van der Waals surface area contributed by atoms with Crippen LogP contribution in [0.1, 0.15) is 0 Å². The van der Waals surface area contributed by atoms with Crippen LogP contribution >= 0.6 is 34.2 Å². The molecule has 94 valence electrons. The quantitative estimate of drug-likeness (QED) is 0.323. The Bertz CT molecular complexity index is 552. The number of nitriles is 1. The molecule has 0 heterocycles. The fourth-order valence-corrected chi connectivity index (χ4v) is 2.05. The van der Waals surface area contributed by atoms with Gasteiger partial charge in [0, 0.05) is 9.64 Å². The number of hydrazone groups is 1. The smallest absolute Gasteiger partial charge is 0.201 e. The molecule has 1 aromatic carbocycles. The largest absolute Gasteiger partial charge is 0.495 e. The number of halogens is 2. The lowest BCUT2D eigenvalue weighted by molar-refractivity contribution is 0.415. The van der Waals surface area contributed by atoms with E-state index in [1.807, 2.05) is 0 Å². The summed E-state index contributed by atoms with van der Waals surface area (Å²) in [6.45, 7) is 0. The van der Waals surface area contributed by atoms with Crippen LogP contribution in [0.5, 0.6) is 5.75 Å². The molecule has 0 fully saturated rings. The molecule has 0 amide bonds. The molecule has 0 spiro atoms. The van der Waals surface area contributed by atoms with Gasteiger partial charge in [0.15, 0.2) is 5.84 Å². The Morgan fingerprint density at radius 1 is 1.67 bits per heavy atom. The molecule has 8 heteroatoms. The van der Waals surface area contributed by atoms with Gasteiger partial charge in [-0.15, -0.1) is 0 Å². The standard InChI is InChI=1S/C10H9ClIN5O/c1-18-9-3-7(6(12)2-5(9)11)16-17-8(4-13)10(14)15/h2-3,16H,1H3,(H3,14,15)/b17-8+. The molecule has 0 aliphatic carbocycles. The first kappa shape index (κ1) is 14.5. The first-order chi connectivity index (χ1) is 8.49. The van der Waals surface area contributed by atoms with E-state index < -0.39 is 5.84 Å². The lowest BCUT2D eigenvalue weighted by Gasteiger charge is -2.08. The summed E-state index contributed by atoms with van der Waals surface area (Å²) in [5, 5.41) is 20.0. The Morgan fingerprint density at radius 2 is 2.33 bits per heavy atom. The van der Waals surface area contributed by atoms with Crippen LogP contribution in [0.2, 0.25) is 5.02 Å². The van der Waals surface area contributed by atoms with Crippen molar-refractivity contribution in [1.29, 1.82) is 10.7 Å². The SMILES string of the molecule is COc1cc(N/N=C(\C#N)C(=N)N)c(I)cc1Cl. The molecule has 0 bridgehead atoms. The number of anilines is 1. The lowest BCUT2D eigenvalue weighted by atomic mass is 10.3. The fraction of sp³-hybridized carbons (Fsp3) is 0.100. The van der Waals surface area contributed by atoms with Gasteiger partial charge in [0.1, 0.15) is 11.8 Å². The van der Waals surface area contributed by atoms with Crippen molar-refractivity contribution in [3.05, 3.63) is 20.7 Å². The van der Waals surface area contributed by atoms with E-state index in [1.54, 1.807) is 18.2 Å². The van der Waals surface area contributed by atoms with Crippen molar-refractivity contribution in [3.63, 3.8) is 0 Å². The number of hydrogen-bond donors (Lipinski definition) is 3. The van der Waals surface area contributed by atoms with E-state index in [-0.39, 0.29) is 5.71 Å². The first-order valence-corrected chi connectivity index (χ1v) is 6.06. The predicted octanol–water partition coefficient (Wildman–Crippen LogP) is 2.18. The van der Waals surface area contributed by atoms with Crippen molar-refractivity contribution in [2.24, 2.45) is 10.8 Å². The molecular formula is C10H9ClIN5O. The molecule has 0 aromatic heterocycles. The zero-order valence-electron chi connectivity index (χ0n) is 9.29. The Hall–Kier alpha value is -1.53. The van der Waals surface area contributed by atoms with Crippen LogP contribution in [0.4, 0.5) is 5.69 Å². The molecule has 1 aromatic rings. The minimum absolute atomic E-state index is 0.195. The third-order valence-electron chi connectivity index (χ3n) is 1.89. The highest BCUT2D eigenvalue weighted by atomic mass is 127. The summed E-state index contributed by atoms with van der Waals surface area (Å²) >= 11 is 8.00. The zero-order chi connectivity index (χ0) is 13.7. The number of hydrogen-bond acceptors (Lipinski definition) is 5. The summed E-state index contributed by atoms with van der Waals surface area (Å²) in [7, 11) is 1.50. The Morgan fingerprint density at radius 3 is 2.83 bits per heavy atom. The van der Waals surface area contributed by atoms with Gasteiger partial charge in [0.2, 0.25) is 5.71 Å². The van der Waals surface area contributed by atoms with Crippen LogP contribution < -0.4 is 15.9 Å². The second-order valence-electron chi connectivity index (χ2n) is 3.06. The van der Waals surface area contributed by atoms with Crippen molar-refractivity contribution in [2.45, 2.75) is 0 Å². The Kier molecular flexibility index (Phi) is 5.18. The molecule has 18 heavy (non-hydrogen) atoms. The maximum absolute atomic E-state index is 8.70. The first-order valence-electron chi connectivity index (χ1n) is 4.60. The number of nitrogens with zero attached hydrogens (tertiary/aromatic N) is 2. The highest BCUT2D eigenvalue weighted by molar-refractivity contribution is 14.1. The normalized spacial score (nSPS) is 10.7. The van der Waals surface area contributed by atoms with Gasteiger partial charge in [0.05, 0.1) is 17.8 Å². The van der Waals surface area contributed by atoms with E-state index in [0.717, 1.165) is 3.57 Å². The third-order valence-corrected chi connectivity index (χ3v) is 3.08. The topological polar surface area (TPSA) is 107 Å². The second kappa shape index (κ2) is 6.42. The summed E-state index contributed by atoms with van der Waals surface area (Å²) in [4.78, 5) is 0. The van der Waals surface area contributed by atoms with E-state index >= 15 is 0 Å². The molecule has 4 N–H and O–H groups in total. The Labute approximate surface area is 122 Å². The molecule has 0 aliphatic rings. The van der Waals surface area contributed by atoms with Gasteiger partial charge in [-0.05, 0) is 28.7 Å². The average molecular weight is 378 g/mol. The number of ether oxygens (including phenoxy) is 1. The van der Waals surface area contributed by atoms with Crippen molar-refractivity contribution in [3.8, 4) is 11.8 Å². The molecule has 0 atom stereocenters. The van der Waals surface area contributed by atoms with E-state index in [9.17, 15) is 0 Å². The van der Waals surface area contributed by atoms with Crippen molar-refractivity contribution < 1.29 is 4.74 Å². The maximum atomic E-state index is 8.70. The minimum Gasteiger partial charge on any atom is -0.495 e. The lowest BCUT2D eigenvalue weighted by Crippen LogP contribution is -2.21. The molecule has 0 saturated carbocycles. The fourth-order valence-electron chi connectivity index (χ4n) is 1.03. The second-order valence-corrected chi connectivity index (χ2v) is 4.63. The van der Waals surface area contributed by atoms with Crippen LogP contribution in [0, 0.1) is 20.3 Å². The molecule has 1 rings (SSSR count). The number of nitrogens with two attached hydrogens (primary N) is 1. The van der Waals surface area contributed by atoms with E-state index in [0.29, 0.717) is 16.5 Å². The zero-order valence-corrected chi connectivity index (χ0v) is 12.2. The number of amidine groups is 1. The van der Waals surface area contributed by atoms with Gasteiger partial charge >= 0.3 is 0 Å². The summed E-state index contributed by atoms with van der Waals surface area (Å²) in [6, 6.07) is 5.04. The molecule has 0 aliphatic heterocycles. The van der Waals surface area contributed by atoms with E-state index in [4.69, 9.17) is 32.7 Å². The minimum atomic E-state index is -0.402. The van der Waals surface area contributed by atoms with Crippen molar-refractivity contribution >= 4 is 51.4 Å². The van der Waals surface area contributed by atoms with Crippen LogP contribution in [0.3, 0.4) is 0 Å². The highest BCUT2D eigenvalue weighted by Gasteiger charge is 2.08. The van der Waals surface area contributed by atoms with Gasteiger partial charge in [-0.1, -0.05) is 11.6 Å². The van der Waals surface area contributed by atoms with Gasteiger partial charge < -0.3 is 10.5 Å². The predicted molar refractivity (Wildman–Crippen MR) is 79.3 cm³/mol. The molecule has 6 nitrogen and oxygen atoms in total. The van der Waals surface area contributed by atoms with Crippen LogP contribution in [-0.4, -0.2) is 18.7 Å². The summed E-state index contributed by atoms with van der Waals surface area (Å²) in [5.41, 5.74) is 8.23. The maximum Gasteiger partial charge on any atom is 0.201 e. The van der Waals surface area contributed by atoms with E-state index in [2.05, 4.69) is 33.1 Å². The molecular weight excluding hydrogens is 369 g/mol. The van der Waals surface area contributed by atoms with Gasteiger partial charge in [0.25, 0.3) is 0 Å². The Balaban J connectivity index is 3.06. The number of rotatable bonds is 4. The number of nitrogens with one attached hydrogen (secondary N) is 2. The van der Waals surface area contributed by atoms with Crippen molar-refractivity contribution in [1.82, 2.24) is 0 Å². The van der Waals surface area contributed by atoms with Gasteiger partial charge in [-0.3, -0.25) is 10.8 Å². The van der Waals surface area contributed by atoms with Gasteiger partial charge in [-0.2, -0.15) is 10.4 Å². The summed E-state index contributed by atoms with van der Waals surface area (Å²) in [5.74, 6) is 0.0806. The van der Waals surface area contributed by atoms with Gasteiger partial charge in [-0.25, -0.2) is 0 Å². The summed E-state index contributed by atoms with van der Waals surface area (Å²) in [6.07, 6.45) is 0.